The summed E-state index contributed by atoms with van der Waals surface area (Å²) in [5.74, 6) is -0.193. The average molecular weight is 336 g/mol. The van der Waals surface area contributed by atoms with Gasteiger partial charge in [0, 0.05) is 9.26 Å². The lowest BCUT2D eigenvalue weighted by Crippen LogP contribution is -2.16. The van der Waals surface area contributed by atoms with Crippen molar-refractivity contribution in [3.8, 4) is 0 Å². The molecule has 3 N–H and O–H groups in total. The number of rotatable bonds is 3. The molecule has 15 heavy (non-hydrogen) atoms. The van der Waals surface area contributed by atoms with Crippen LogP contribution >= 0.6 is 34.4 Å². The fraction of sp³-hybridized carbons (Fsp3) is 0.111. The third-order valence-corrected chi connectivity index (χ3v) is 2.88. The lowest BCUT2D eigenvalue weighted by atomic mass is 10.3. The van der Waals surface area contributed by atoms with Crippen molar-refractivity contribution < 1.29 is 9.59 Å². The Bertz CT molecular complexity index is 367. The summed E-state index contributed by atoms with van der Waals surface area (Å²) >= 11 is 2.96. The minimum atomic E-state index is -0.548. The van der Waals surface area contributed by atoms with Gasteiger partial charge in [0.15, 0.2) is 0 Å². The number of hydrogen-bond acceptors (Lipinski definition) is 3. The Labute approximate surface area is 105 Å². The minimum absolute atomic E-state index is 0.0430. The predicted molar refractivity (Wildman–Crippen MR) is 69.8 cm³/mol. The molecule has 4 nitrogen and oxygen atoms in total. The SMILES string of the molecule is NC(=O)SCC(=O)Nc1ccc(I)cc1. The fourth-order valence-electron chi connectivity index (χ4n) is 0.867. The normalized spacial score (nSPS) is 9.67. The van der Waals surface area contributed by atoms with Gasteiger partial charge in [0.05, 0.1) is 5.75 Å². The highest BCUT2D eigenvalue weighted by Crippen LogP contribution is 2.11. The first-order valence-corrected chi connectivity index (χ1v) is 6.12. The number of carbonyl (C=O) groups is 2. The molecule has 80 valence electrons. The summed E-state index contributed by atoms with van der Waals surface area (Å²) in [6.45, 7) is 0. The van der Waals surface area contributed by atoms with Crippen LogP contribution in [-0.2, 0) is 4.79 Å². The van der Waals surface area contributed by atoms with E-state index in [0.717, 1.165) is 15.3 Å². The van der Waals surface area contributed by atoms with E-state index in [1.54, 1.807) is 12.1 Å². The van der Waals surface area contributed by atoms with Crippen LogP contribution in [0.3, 0.4) is 0 Å². The number of benzene rings is 1. The van der Waals surface area contributed by atoms with Crippen molar-refractivity contribution in [3.63, 3.8) is 0 Å². The van der Waals surface area contributed by atoms with E-state index in [2.05, 4.69) is 27.9 Å². The molecule has 0 radical (unpaired) electrons. The number of thioether (sulfide) groups is 1. The maximum absolute atomic E-state index is 11.3. The summed E-state index contributed by atoms with van der Waals surface area (Å²) in [7, 11) is 0. The van der Waals surface area contributed by atoms with Crippen LogP contribution in [0.4, 0.5) is 10.5 Å². The second-order valence-corrected chi connectivity index (χ2v) is 4.89. The summed E-state index contributed by atoms with van der Waals surface area (Å²) < 4.78 is 1.09. The molecular formula is C9H9IN2O2S. The zero-order valence-corrected chi connectivity index (χ0v) is 10.7. The van der Waals surface area contributed by atoms with Gasteiger partial charge >= 0.3 is 0 Å². The Morgan fingerprint density at radius 1 is 1.33 bits per heavy atom. The monoisotopic (exact) mass is 336 g/mol. The number of nitrogens with two attached hydrogens (primary N) is 1. The molecule has 0 saturated carbocycles. The third kappa shape index (κ3) is 5.03. The van der Waals surface area contributed by atoms with Crippen LogP contribution in [0, 0.1) is 3.57 Å². The molecule has 1 rings (SSSR count). The molecule has 0 aliphatic carbocycles. The smallest absolute Gasteiger partial charge is 0.276 e. The summed E-state index contributed by atoms with van der Waals surface area (Å²) in [6, 6.07) is 7.37. The van der Waals surface area contributed by atoms with Crippen LogP contribution in [0.2, 0.25) is 0 Å². The number of anilines is 1. The van der Waals surface area contributed by atoms with Gasteiger partial charge in [0.1, 0.15) is 0 Å². The van der Waals surface area contributed by atoms with Gasteiger partial charge in [0.2, 0.25) is 5.91 Å². The molecular weight excluding hydrogens is 327 g/mol. The molecule has 0 fully saturated rings. The molecule has 0 atom stereocenters. The molecule has 2 amide bonds. The second kappa shape index (κ2) is 5.96. The van der Waals surface area contributed by atoms with E-state index >= 15 is 0 Å². The van der Waals surface area contributed by atoms with Gasteiger partial charge < -0.3 is 11.1 Å². The van der Waals surface area contributed by atoms with E-state index in [4.69, 9.17) is 5.73 Å². The first-order valence-electron chi connectivity index (χ1n) is 4.05. The number of hydrogen-bond donors (Lipinski definition) is 2. The van der Waals surface area contributed by atoms with Crippen molar-refractivity contribution in [1.29, 1.82) is 0 Å². The van der Waals surface area contributed by atoms with Crippen LogP contribution in [0.15, 0.2) is 24.3 Å². The van der Waals surface area contributed by atoms with Crippen molar-refractivity contribution in [1.82, 2.24) is 0 Å². The molecule has 0 aromatic heterocycles. The zero-order chi connectivity index (χ0) is 11.3. The number of primary amides is 1. The molecule has 0 aliphatic rings. The highest BCUT2D eigenvalue weighted by molar-refractivity contribution is 14.1. The molecule has 1 aromatic rings. The lowest BCUT2D eigenvalue weighted by Gasteiger charge is -2.03. The number of nitrogens with one attached hydrogen (secondary N) is 1. The Balaban J connectivity index is 2.44. The van der Waals surface area contributed by atoms with Gasteiger partial charge in [0.25, 0.3) is 5.24 Å². The van der Waals surface area contributed by atoms with Gasteiger partial charge in [-0.3, -0.25) is 9.59 Å². The van der Waals surface area contributed by atoms with Crippen molar-refractivity contribution in [2.45, 2.75) is 0 Å². The first kappa shape index (κ1) is 12.3. The molecule has 0 saturated heterocycles. The van der Waals surface area contributed by atoms with E-state index in [1.807, 2.05) is 12.1 Å². The van der Waals surface area contributed by atoms with E-state index in [9.17, 15) is 9.59 Å². The molecule has 0 spiro atoms. The predicted octanol–water partition coefficient (Wildman–Crippen LogP) is 2.04. The quantitative estimate of drug-likeness (QED) is 0.830. The molecule has 6 heteroatoms. The van der Waals surface area contributed by atoms with Gasteiger partial charge in [-0.05, 0) is 46.9 Å². The Kier molecular flexibility index (Phi) is 4.89. The van der Waals surface area contributed by atoms with E-state index in [0.29, 0.717) is 5.69 Å². The minimum Gasteiger partial charge on any atom is -0.361 e. The van der Waals surface area contributed by atoms with Crippen LogP contribution in [0.25, 0.3) is 0 Å². The van der Waals surface area contributed by atoms with Gasteiger partial charge in [-0.2, -0.15) is 0 Å². The molecule has 0 bridgehead atoms. The summed E-state index contributed by atoms with van der Waals surface area (Å²) in [6.07, 6.45) is 0. The maximum atomic E-state index is 11.3. The average Bonchev–Trinajstić information content (AvgIpc) is 2.19. The Hall–Kier alpha value is -0.760. The molecule has 1 aromatic carbocycles. The van der Waals surface area contributed by atoms with Crippen LogP contribution in [0.1, 0.15) is 0 Å². The Morgan fingerprint density at radius 3 is 2.47 bits per heavy atom. The van der Waals surface area contributed by atoms with Crippen LogP contribution in [-0.4, -0.2) is 16.9 Å². The van der Waals surface area contributed by atoms with Crippen LogP contribution < -0.4 is 11.1 Å². The maximum Gasteiger partial charge on any atom is 0.276 e. The van der Waals surface area contributed by atoms with Crippen molar-refractivity contribution in [2.24, 2.45) is 5.73 Å². The number of halogens is 1. The number of carbonyl (C=O) groups excluding carboxylic acids is 2. The van der Waals surface area contributed by atoms with Crippen molar-refractivity contribution in [2.75, 3.05) is 11.1 Å². The van der Waals surface area contributed by atoms with Gasteiger partial charge in [-0.15, -0.1) is 0 Å². The summed E-state index contributed by atoms with van der Waals surface area (Å²) in [4.78, 5) is 21.7. The van der Waals surface area contributed by atoms with Crippen LogP contribution in [0.5, 0.6) is 0 Å². The fourth-order valence-corrected chi connectivity index (χ4v) is 1.57. The highest BCUT2D eigenvalue weighted by Gasteiger charge is 2.04. The van der Waals surface area contributed by atoms with Crippen molar-refractivity contribution >= 4 is 51.2 Å². The Morgan fingerprint density at radius 2 is 1.93 bits per heavy atom. The summed E-state index contributed by atoms with van der Waals surface area (Å²) in [5, 5.41) is 2.11. The van der Waals surface area contributed by atoms with E-state index < -0.39 is 5.24 Å². The van der Waals surface area contributed by atoms with Gasteiger partial charge in [-0.25, -0.2) is 0 Å². The topological polar surface area (TPSA) is 72.2 Å². The standard InChI is InChI=1S/C9H9IN2O2S/c10-6-1-3-7(4-2-6)12-8(13)5-15-9(11)14/h1-4H,5H2,(H2,11,14)(H,12,13). The molecule has 0 heterocycles. The summed E-state index contributed by atoms with van der Waals surface area (Å²) in [5.41, 5.74) is 5.61. The molecule has 0 aliphatic heterocycles. The second-order valence-electron chi connectivity index (χ2n) is 2.66. The van der Waals surface area contributed by atoms with E-state index in [-0.39, 0.29) is 11.7 Å². The lowest BCUT2D eigenvalue weighted by molar-refractivity contribution is -0.113. The number of amides is 2. The first-order chi connectivity index (χ1) is 7.08. The van der Waals surface area contributed by atoms with E-state index in [1.165, 1.54) is 0 Å². The third-order valence-electron chi connectivity index (χ3n) is 1.47. The zero-order valence-electron chi connectivity index (χ0n) is 7.70. The van der Waals surface area contributed by atoms with Crippen molar-refractivity contribution in [3.05, 3.63) is 27.8 Å². The highest BCUT2D eigenvalue weighted by atomic mass is 127. The largest absolute Gasteiger partial charge is 0.361 e. The molecule has 0 unspecified atom stereocenters. The van der Waals surface area contributed by atoms with Gasteiger partial charge in [-0.1, -0.05) is 11.8 Å².